The predicted molar refractivity (Wildman–Crippen MR) is 63.3 cm³/mol. The van der Waals surface area contributed by atoms with Crippen molar-refractivity contribution >= 4 is 11.9 Å². The molecular formula is C13H20O4. The van der Waals surface area contributed by atoms with Crippen molar-refractivity contribution in [2.24, 2.45) is 5.92 Å². The van der Waals surface area contributed by atoms with Crippen LogP contribution in [0.25, 0.3) is 0 Å². The number of hydrogen-bond acceptors (Lipinski definition) is 4. The SMILES string of the molecule is COC(=O)CC(C(=O)OC)=C1CCC(C)CC1. The zero-order valence-electron chi connectivity index (χ0n) is 10.7. The van der Waals surface area contributed by atoms with Gasteiger partial charge >= 0.3 is 11.9 Å². The van der Waals surface area contributed by atoms with E-state index in [4.69, 9.17) is 4.74 Å². The number of methoxy groups -OCH3 is 2. The van der Waals surface area contributed by atoms with Crippen molar-refractivity contribution in [1.82, 2.24) is 0 Å². The van der Waals surface area contributed by atoms with E-state index in [0.29, 0.717) is 11.5 Å². The molecule has 1 aliphatic carbocycles. The van der Waals surface area contributed by atoms with Crippen LogP contribution in [-0.2, 0) is 19.1 Å². The second-order valence-corrected chi connectivity index (χ2v) is 4.51. The van der Waals surface area contributed by atoms with E-state index in [9.17, 15) is 9.59 Å². The number of esters is 2. The molecule has 0 aromatic rings. The summed E-state index contributed by atoms with van der Waals surface area (Å²) >= 11 is 0. The van der Waals surface area contributed by atoms with Crippen molar-refractivity contribution in [3.05, 3.63) is 11.1 Å². The Morgan fingerprint density at radius 1 is 1.18 bits per heavy atom. The third kappa shape index (κ3) is 3.88. The Hall–Kier alpha value is -1.32. The Bertz CT molecular complexity index is 320. The fourth-order valence-electron chi connectivity index (χ4n) is 2.09. The van der Waals surface area contributed by atoms with Gasteiger partial charge in [0.15, 0.2) is 0 Å². The third-order valence-electron chi connectivity index (χ3n) is 3.29. The molecule has 0 saturated heterocycles. The van der Waals surface area contributed by atoms with Crippen molar-refractivity contribution in [3.8, 4) is 0 Å². The third-order valence-corrected chi connectivity index (χ3v) is 3.29. The molecule has 0 N–H and O–H groups in total. The Balaban J connectivity index is 2.84. The average Bonchev–Trinajstić information content (AvgIpc) is 2.36. The van der Waals surface area contributed by atoms with E-state index in [1.54, 1.807) is 0 Å². The normalized spacial score (nSPS) is 19.7. The smallest absolute Gasteiger partial charge is 0.334 e. The van der Waals surface area contributed by atoms with Crippen LogP contribution in [0.4, 0.5) is 0 Å². The maximum Gasteiger partial charge on any atom is 0.334 e. The van der Waals surface area contributed by atoms with Crippen molar-refractivity contribution in [2.45, 2.75) is 39.0 Å². The Morgan fingerprint density at radius 3 is 2.24 bits per heavy atom. The molecule has 4 heteroatoms. The van der Waals surface area contributed by atoms with Gasteiger partial charge in [-0.2, -0.15) is 0 Å². The number of hydrogen-bond donors (Lipinski definition) is 0. The van der Waals surface area contributed by atoms with Crippen molar-refractivity contribution in [3.63, 3.8) is 0 Å². The summed E-state index contributed by atoms with van der Waals surface area (Å²) in [4.78, 5) is 22.9. The van der Waals surface area contributed by atoms with Gasteiger partial charge in [0.1, 0.15) is 0 Å². The summed E-state index contributed by atoms with van der Waals surface area (Å²) < 4.78 is 9.34. The van der Waals surface area contributed by atoms with Gasteiger partial charge in [-0.1, -0.05) is 12.5 Å². The van der Waals surface area contributed by atoms with E-state index < -0.39 is 11.9 Å². The molecule has 0 unspecified atom stereocenters. The summed E-state index contributed by atoms with van der Waals surface area (Å²) in [5, 5.41) is 0. The molecule has 0 amide bonds. The largest absolute Gasteiger partial charge is 0.469 e. The molecule has 96 valence electrons. The Labute approximate surface area is 102 Å². The first-order chi connectivity index (χ1) is 8.08. The lowest BCUT2D eigenvalue weighted by atomic mass is 9.84. The van der Waals surface area contributed by atoms with Crippen molar-refractivity contribution < 1.29 is 19.1 Å². The highest BCUT2D eigenvalue weighted by atomic mass is 16.5. The summed E-state index contributed by atoms with van der Waals surface area (Å²) in [6.07, 6.45) is 3.91. The van der Waals surface area contributed by atoms with Crippen LogP contribution in [0.15, 0.2) is 11.1 Å². The van der Waals surface area contributed by atoms with E-state index in [-0.39, 0.29) is 6.42 Å². The minimum atomic E-state index is -0.403. The predicted octanol–water partition coefficient (Wildman–Crippen LogP) is 2.23. The van der Waals surface area contributed by atoms with Gasteiger partial charge in [-0.05, 0) is 31.6 Å². The Kier molecular flexibility index (Phi) is 5.19. The molecule has 1 fully saturated rings. The van der Waals surface area contributed by atoms with Crippen LogP contribution in [0.2, 0.25) is 0 Å². The minimum Gasteiger partial charge on any atom is -0.469 e. The summed E-state index contributed by atoms with van der Waals surface area (Å²) in [7, 11) is 2.66. The molecule has 0 radical (unpaired) electrons. The molecule has 1 aliphatic rings. The van der Waals surface area contributed by atoms with Gasteiger partial charge in [-0.3, -0.25) is 4.79 Å². The standard InChI is InChI=1S/C13H20O4/c1-9-4-6-10(7-5-9)11(13(15)17-3)8-12(14)16-2/h9H,4-8H2,1-3H3. The molecule has 0 bridgehead atoms. The summed E-state index contributed by atoms with van der Waals surface area (Å²) in [6, 6.07) is 0. The topological polar surface area (TPSA) is 52.6 Å². The maximum atomic E-state index is 11.7. The van der Waals surface area contributed by atoms with Gasteiger partial charge in [0.05, 0.1) is 20.6 Å². The molecular weight excluding hydrogens is 220 g/mol. The second kappa shape index (κ2) is 6.42. The first-order valence-corrected chi connectivity index (χ1v) is 5.94. The van der Waals surface area contributed by atoms with Crippen LogP contribution >= 0.6 is 0 Å². The maximum absolute atomic E-state index is 11.7. The number of carbonyl (C=O) groups excluding carboxylic acids is 2. The zero-order valence-corrected chi connectivity index (χ0v) is 10.7. The van der Waals surface area contributed by atoms with Crippen molar-refractivity contribution in [2.75, 3.05) is 14.2 Å². The zero-order chi connectivity index (χ0) is 12.8. The van der Waals surface area contributed by atoms with Crippen molar-refractivity contribution in [1.29, 1.82) is 0 Å². The van der Waals surface area contributed by atoms with Crippen LogP contribution < -0.4 is 0 Å². The molecule has 0 spiro atoms. The quantitative estimate of drug-likeness (QED) is 0.560. The van der Waals surface area contributed by atoms with E-state index >= 15 is 0 Å². The second-order valence-electron chi connectivity index (χ2n) is 4.51. The number of carbonyl (C=O) groups is 2. The van der Waals surface area contributed by atoms with E-state index in [2.05, 4.69) is 11.7 Å². The van der Waals surface area contributed by atoms with Gasteiger partial charge in [0, 0.05) is 5.57 Å². The molecule has 17 heavy (non-hydrogen) atoms. The average molecular weight is 240 g/mol. The molecule has 0 atom stereocenters. The van der Waals surface area contributed by atoms with Gasteiger partial charge in [0.2, 0.25) is 0 Å². The molecule has 4 nitrogen and oxygen atoms in total. The molecule has 0 aliphatic heterocycles. The fourth-order valence-corrected chi connectivity index (χ4v) is 2.09. The van der Waals surface area contributed by atoms with Gasteiger partial charge in [-0.25, -0.2) is 4.79 Å². The lowest BCUT2D eigenvalue weighted by molar-refractivity contribution is -0.143. The number of ether oxygens (including phenoxy) is 2. The molecule has 0 aromatic heterocycles. The highest BCUT2D eigenvalue weighted by molar-refractivity contribution is 5.94. The summed E-state index contributed by atoms with van der Waals surface area (Å²) in [5.74, 6) is -0.104. The van der Waals surface area contributed by atoms with Crippen LogP contribution in [-0.4, -0.2) is 26.2 Å². The lowest BCUT2D eigenvalue weighted by Crippen LogP contribution is -2.16. The van der Waals surface area contributed by atoms with Gasteiger partial charge < -0.3 is 9.47 Å². The molecule has 1 saturated carbocycles. The molecule has 0 aromatic carbocycles. The van der Waals surface area contributed by atoms with Crippen LogP contribution in [0.1, 0.15) is 39.0 Å². The number of rotatable bonds is 3. The monoisotopic (exact) mass is 240 g/mol. The van der Waals surface area contributed by atoms with Crippen LogP contribution in [0, 0.1) is 5.92 Å². The van der Waals surface area contributed by atoms with E-state index in [1.165, 1.54) is 14.2 Å². The highest BCUT2D eigenvalue weighted by Gasteiger charge is 2.22. The van der Waals surface area contributed by atoms with E-state index in [0.717, 1.165) is 31.3 Å². The first-order valence-electron chi connectivity index (χ1n) is 5.94. The minimum absolute atomic E-state index is 0.0207. The first kappa shape index (κ1) is 13.7. The Morgan fingerprint density at radius 2 is 1.76 bits per heavy atom. The highest BCUT2D eigenvalue weighted by Crippen LogP contribution is 2.31. The summed E-state index contributed by atoms with van der Waals surface area (Å²) in [6.45, 7) is 2.20. The van der Waals surface area contributed by atoms with E-state index in [1.807, 2.05) is 0 Å². The number of allylic oxidation sites excluding steroid dienone is 1. The van der Waals surface area contributed by atoms with Crippen LogP contribution in [0.5, 0.6) is 0 Å². The van der Waals surface area contributed by atoms with Gasteiger partial charge in [0.25, 0.3) is 0 Å². The lowest BCUT2D eigenvalue weighted by Gasteiger charge is -2.22. The van der Waals surface area contributed by atoms with Crippen LogP contribution in [0.3, 0.4) is 0 Å². The van der Waals surface area contributed by atoms with Gasteiger partial charge in [-0.15, -0.1) is 0 Å². The molecule has 0 heterocycles. The summed E-state index contributed by atoms with van der Waals surface area (Å²) in [5.41, 5.74) is 1.55. The molecule has 1 rings (SSSR count). The fraction of sp³-hybridized carbons (Fsp3) is 0.692.